The standard InChI is InChI=1S/C21H38O3/c1-17(2)24-20(22)16-19(4)14-11-13-18(3)12-9-8-10-15-21(5,6)23-7/h11,14,16-18H,8-10,12-13,15H2,1-7H3. The monoisotopic (exact) mass is 338 g/mol. The van der Waals surface area contributed by atoms with Crippen molar-refractivity contribution >= 4 is 5.97 Å². The Morgan fingerprint density at radius 2 is 1.79 bits per heavy atom. The second-order valence-corrected chi connectivity index (χ2v) is 7.68. The van der Waals surface area contributed by atoms with Crippen molar-refractivity contribution in [3.05, 3.63) is 23.8 Å². The van der Waals surface area contributed by atoms with Crippen LogP contribution in [0.4, 0.5) is 0 Å². The maximum Gasteiger partial charge on any atom is 0.331 e. The fraction of sp³-hybridized carbons (Fsp3) is 0.762. The van der Waals surface area contributed by atoms with Crippen LogP contribution in [0.1, 0.15) is 80.1 Å². The summed E-state index contributed by atoms with van der Waals surface area (Å²) < 4.78 is 10.5. The number of rotatable bonds is 12. The molecule has 0 aliphatic heterocycles. The summed E-state index contributed by atoms with van der Waals surface area (Å²) in [6.45, 7) is 12.2. The smallest absolute Gasteiger partial charge is 0.331 e. The van der Waals surface area contributed by atoms with E-state index in [1.165, 1.54) is 25.7 Å². The minimum absolute atomic E-state index is 0.00886. The fourth-order valence-corrected chi connectivity index (χ4v) is 2.43. The van der Waals surface area contributed by atoms with Gasteiger partial charge in [0.05, 0.1) is 11.7 Å². The Labute approximate surface area is 149 Å². The fourth-order valence-electron chi connectivity index (χ4n) is 2.43. The van der Waals surface area contributed by atoms with Crippen molar-refractivity contribution in [1.82, 2.24) is 0 Å². The van der Waals surface area contributed by atoms with Crippen LogP contribution in [0.15, 0.2) is 23.8 Å². The quantitative estimate of drug-likeness (QED) is 0.194. The molecular formula is C21H38O3. The van der Waals surface area contributed by atoms with E-state index in [1.54, 1.807) is 13.2 Å². The van der Waals surface area contributed by atoms with Crippen LogP contribution >= 0.6 is 0 Å². The minimum atomic E-state index is -0.265. The summed E-state index contributed by atoms with van der Waals surface area (Å²) in [4.78, 5) is 11.5. The highest BCUT2D eigenvalue weighted by Gasteiger charge is 2.14. The van der Waals surface area contributed by atoms with Crippen LogP contribution < -0.4 is 0 Å². The molecule has 0 bridgehead atoms. The van der Waals surface area contributed by atoms with Crippen molar-refractivity contribution < 1.29 is 14.3 Å². The molecule has 0 saturated carbocycles. The molecule has 0 heterocycles. The van der Waals surface area contributed by atoms with Gasteiger partial charge in [-0.1, -0.05) is 44.8 Å². The normalized spacial score (nSPS) is 14.4. The highest BCUT2D eigenvalue weighted by molar-refractivity contribution is 5.83. The second kappa shape index (κ2) is 12.3. The molecule has 1 unspecified atom stereocenters. The van der Waals surface area contributed by atoms with Gasteiger partial charge in [0.2, 0.25) is 0 Å². The number of methoxy groups -OCH3 is 1. The molecule has 140 valence electrons. The van der Waals surface area contributed by atoms with Crippen LogP contribution in [0.2, 0.25) is 0 Å². The van der Waals surface area contributed by atoms with E-state index in [0.29, 0.717) is 5.92 Å². The topological polar surface area (TPSA) is 35.5 Å². The zero-order valence-electron chi connectivity index (χ0n) is 16.9. The highest BCUT2D eigenvalue weighted by atomic mass is 16.5. The molecule has 3 nitrogen and oxygen atoms in total. The lowest BCUT2D eigenvalue weighted by atomic mass is 9.96. The SMILES string of the molecule is COC(C)(C)CCCCCC(C)CC=CC(C)=CC(=O)OC(C)C. The van der Waals surface area contributed by atoms with Gasteiger partial charge in [-0.25, -0.2) is 4.79 Å². The molecule has 1 atom stereocenters. The summed E-state index contributed by atoms with van der Waals surface area (Å²) in [6, 6.07) is 0. The molecule has 0 aromatic rings. The van der Waals surface area contributed by atoms with Crippen molar-refractivity contribution in [2.75, 3.05) is 7.11 Å². The van der Waals surface area contributed by atoms with Gasteiger partial charge >= 0.3 is 5.97 Å². The lowest BCUT2D eigenvalue weighted by molar-refractivity contribution is -0.141. The first-order valence-corrected chi connectivity index (χ1v) is 9.27. The van der Waals surface area contributed by atoms with E-state index in [4.69, 9.17) is 9.47 Å². The molecule has 0 spiro atoms. The minimum Gasteiger partial charge on any atom is -0.460 e. The van der Waals surface area contributed by atoms with E-state index in [2.05, 4.69) is 26.8 Å². The van der Waals surface area contributed by atoms with Crippen molar-refractivity contribution in [3.63, 3.8) is 0 Å². The molecule has 0 aliphatic carbocycles. The molecule has 0 rings (SSSR count). The van der Waals surface area contributed by atoms with E-state index in [0.717, 1.165) is 18.4 Å². The molecule has 0 amide bonds. The predicted octanol–water partition coefficient (Wildman–Crippen LogP) is 5.84. The van der Waals surface area contributed by atoms with Crippen LogP contribution in [0, 0.1) is 5.92 Å². The van der Waals surface area contributed by atoms with Crippen LogP contribution in [-0.2, 0) is 14.3 Å². The third-order valence-corrected chi connectivity index (χ3v) is 4.14. The van der Waals surface area contributed by atoms with Crippen LogP contribution in [0.5, 0.6) is 0 Å². The number of ether oxygens (including phenoxy) is 2. The molecule has 3 heteroatoms. The van der Waals surface area contributed by atoms with Gasteiger partial charge in [-0.15, -0.1) is 0 Å². The number of allylic oxidation sites excluding steroid dienone is 3. The Morgan fingerprint density at radius 3 is 2.38 bits per heavy atom. The van der Waals surface area contributed by atoms with E-state index < -0.39 is 0 Å². The third kappa shape index (κ3) is 13.4. The van der Waals surface area contributed by atoms with Crippen molar-refractivity contribution in [1.29, 1.82) is 0 Å². The first-order chi connectivity index (χ1) is 11.2. The Hall–Kier alpha value is -1.09. The maximum absolute atomic E-state index is 11.5. The average Bonchev–Trinajstić information content (AvgIpc) is 2.45. The van der Waals surface area contributed by atoms with E-state index in [-0.39, 0.29) is 17.7 Å². The number of carbonyl (C=O) groups excluding carboxylic acids is 1. The summed E-state index contributed by atoms with van der Waals surface area (Å²) >= 11 is 0. The number of unbranched alkanes of at least 4 members (excludes halogenated alkanes) is 2. The number of hydrogen-bond acceptors (Lipinski definition) is 3. The largest absolute Gasteiger partial charge is 0.460 e. The Kier molecular flexibility index (Phi) is 11.7. The summed E-state index contributed by atoms with van der Waals surface area (Å²) in [6.07, 6.45) is 12.8. The first kappa shape index (κ1) is 22.9. The molecule has 0 N–H and O–H groups in total. The van der Waals surface area contributed by atoms with Crippen molar-refractivity contribution in [2.45, 2.75) is 91.8 Å². The number of hydrogen-bond donors (Lipinski definition) is 0. The Balaban J connectivity index is 3.90. The lowest BCUT2D eigenvalue weighted by Crippen LogP contribution is -2.21. The van der Waals surface area contributed by atoms with Crippen LogP contribution in [0.3, 0.4) is 0 Å². The van der Waals surface area contributed by atoms with Gasteiger partial charge in [-0.2, -0.15) is 0 Å². The summed E-state index contributed by atoms with van der Waals surface area (Å²) in [5, 5.41) is 0. The van der Waals surface area contributed by atoms with Gasteiger partial charge in [0.15, 0.2) is 0 Å². The molecule has 0 radical (unpaired) electrons. The maximum atomic E-state index is 11.5. The predicted molar refractivity (Wildman–Crippen MR) is 102 cm³/mol. The summed E-state index contributed by atoms with van der Waals surface area (Å²) in [5.41, 5.74) is 0.948. The zero-order chi connectivity index (χ0) is 18.6. The van der Waals surface area contributed by atoms with E-state index in [1.807, 2.05) is 26.8 Å². The van der Waals surface area contributed by atoms with Gasteiger partial charge in [-0.3, -0.25) is 0 Å². The van der Waals surface area contributed by atoms with Gasteiger partial charge in [0.1, 0.15) is 0 Å². The lowest BCUT2D eigenvalue weighted by Gasteiger charge is -2.22. The molecule has 0 aromatic heterocycles. The van der Waals surface area contributed by atoms with Crippen molar-refractivity contribution in [3.8, 4) is 0 Å². The highest BCUT2D eigenvalue weighted by Crippen LogP contribution is 2.20. The van der Waals surface area contributed by atoms with Gasteiger partial charge in [0, 0.05) is 13.2 Å². The molecule has 24 heavy (non-hydrogen) atoms. The second-order valence-electron chi connectivity index (χ2n) is 7.68. The van der Waals surface area contributed by atoms with Gasteiger partial charge < -0.3 is 9.47 Å². The number of esters is 1. The third-order valence-electron chi connectivity index (χ3n) is 4.14. The van der Waals surface area contributed by atoms with Gasteiger partial charge in [-0.05, 0) is 59.0 Å². The van der Waals surface area contributed by atoms with Gasteiger partial charge in [0.25, 0.3) is 0 Å². The molecule has 0 aliphatic rings. The molecule has 0 aromatic carbocycles. The molecule has 0 saturated heterocycles. The molecular weight excluding hydrogens is 300 g/mol. The zero-order valence-corrected chi connectivity index (χ0v) is 16.9. The van der Waals surface area contributed by atoms with Crippen LogP contribution in [0.25, 0.3) is 0 Å². The Bertz CT molecular complexity index is 405. The number of carbonyl (C=O) groups is 1. The van der Waals surface area contributed by atoms with E-state index >= 15 is 0 Å². The molecule has 0 fully saturated rings. The summed E-state index contributed by atoms with van der Waals surface area (Å²) in [5.74, 6) is 0.409. The Morgan fingerprint density at radius 1 is 1.12 bits per heavy atom. The van der Waals surface area contributed by atoms with Crippen molar-refractivity contribution in [2.24, 2.45) is 5.92 Å². The average molecular weight is 339 g/mol. The van der Waals surface area contributed by atoms with E-state index in [9.17, 15) is 4.79 Å². The van der Waals surface area contributed by atoms with Crippen LogP contribution in [-0.4, -0.2) is 24.8 Å². The first-order valence-electron chi connectivity index (χ1n) is 9.27. The summed E-state index contributed by atoms with van der Waals surface area (Å²) in [7, 11) is 1.79.